The number of benzene rings is 1. The fourth-order valence-electron chi connectivity index (χ4n) is 4.45. The van der Waals surface area contributed by atoms with Crippen molar-refractivity contribution in [3.8, 4) is 5.75 Å². The normalized spacial score (nSPS) is 25.2. The van der Waals surface area contributed by atoms with Crippen molar-refractivity contribution in [1.29, 1.82) is 0 Å². The predicted molar refractivity (Wildman–Crippen MR) is 116 cm³/mol. The van der Waals surface area contributed by atoms with Crippen LogP contribution in [0.15, 0.2) is 29.2 Å². The van der Waals surface area contributed by atoms with Crippen LogP contribution in [0.5, 0.6) is 5.75 Å². The van der Waals surface area contributed by atoms with Crippen LogP contribution in [0.2, 0.25) is 0 Å². The molecule has 8 nitrogen and oxygen atoms in total. The molecule has 2 aliphatic rings. The van der Waals surface area contributed by atoms with Crippen LogP contribution < -0.4 is 14.8 Å². The van der Waals surface area contributed by atoms with Gasteiger partial charge in [-0.2, -0.15) is 0 Å². The van der Waals surface area contributed by atoms with Gasteiger partial charge >= 0.3 is 0 Å². The molecule has 3 atom stereocenters. The fourth-order valence-corrected chi connectivity index (χ4v) is 5.92. The van der Waals surface area contributed by atoms with Gasteiger partial charge in [0.05, 0.1) is 32.0 Å². The third-order valence-corrected chi connectivity index (χ3v) is 7.73. The number of aliphatic hydroxyl groups is 1. The first-order valence-corrected chi connectivity index (χ1v) is 12.6. The number of ether oxygens (including phenoxy) is 2. The molecule has 0 radical (unpaired) electrons. The van der Waals surface area contributed by atoms with Gasteiger partial charge in [-0.3, -0.25) is 4.79 Å². The molecule has 0 unspecified atom stereocenters. The van der Waals surface area contributed by atoms with E-state index in [9.17, 15) is 18.3 Å². The van der Waals surface area contributed by atoms with E-state index in [4.69, 9.17) is 9.47 Å². The van der Waals surface area contributed by atoms with Crippen LogP contribution >= 0.6 is 0 Å². The number of rotatable bonds is 9. The summed E-state index contributed by atoms with van der Waals surface area (Å²) in [6.45, 7) is 0.236. The number of hydrogen-bond acceptors (Lipinski definition) is 6. The van der Waals surface area contributed by atoms with E-state index < -0.39 is 22.2 Å². The second-order valence-corrected chi connectivity index (χ2v) is 10.0. The average Bonchev–Trinajstić information content (AvgIpc) is 2.80. The van der Waals surface area contributed by atoms with Crippen LogP contribution in [0.1, 0.15) is 51.4 Å². The van der Waals surface area contributed by atoms with E-state index >= 15 is 0 Å². The zero-order chi connectivity index (χ0) is 22.3. The van der Waals surface area contributed by atoms with Crippen molar-refractivity contribution in [2.75, 3.05) is 20.3 Å². The van der Waals surface area contributed by atoms with Gasteiger partial charge in [0.2, 0.25) is 15.9 Å². The summed E-state index contributed by atoms with van der Waals surface area (Å²) in [6, 6.07) is 5.88. The SMILES string of the molecule is COc1ccccc1S(=O)(=O)N[C@@H]1CC[C@H](CCNC(=O)C2CCCCC2)O[C@@H]1CO. The van der Waals surface area contributed by atoms with Crippen molar-refractivity contribution in [1.82, 2.24) is 10.0 Å². The van der Waals surface area contributed by atoms with Crippen LogP contribution in [-0.4, -0.2) is 57.9 Å². The zero-order valence-electron chi connectivity index (χ0n) is 18.1. The lowest BCUT2D eigenvalue weighted by atomic mass is 9.88. The van der Waals surface area contributed by atoms with Crippen LogP contribution in [0, 0.1) is 5.92 Å². The molecule has 0 aromatic heterocycles. The highest BCUT2D eigenvalue weighted by atomic mass is 32.2. The lowest BCUT2D eigenvalue weighted by Gasteiger charge is -2.36. The van der Waals surface area contributed by atoms with Crippen molar-refractivity contribution < 1.29 is 27.8 Å². The summed E-state index contributed by atoms with van der Waals surface area (Å²) in [7, 11) is -2.40. The molecular formula is C22H34N2O6S. The number of nitrogens with one attached hydrogen (secondary N) is 2. The Labute approximate surface area is 184 Å². The lowest BCUT2D eigenvalue weighted by molar-refractivity contribution is -0.126. The van der Waals surface area contributed by atoms with Crippen molar-refractivity contribution in [3.05, 3.63) is 24.3 Å². The summed E-state index contributed by atoms with van der Waals surface area (Å²) in [6.07, 6.45) is 6.44. The van der Waals surface area contributed by atoms with Gasteiger partial charge in [0.1, 0.15) is 10.6 Å². The molecule has 1 heterocycles. The van der Waals surface area contributed by atoms with E-state index in [1.165, 1.54) is 19.6 Å². The maximum absolute atomic E-state index is 12.8. The summed E-state index contributed by atoms with van der Waals surface area (Å²) in [5.74, 6) is 0.510. The molecule has 1 aromatic carbocycles. The monoisotopic (exact) mass is 454 g/mol. The summed E-state index contributed by atoms with van der Waals surface area (Å²) >= 11 is 0. The van der Waals surface area contributed by atoms with E-state index in [1.54, 1.807) is 18.2 Å². The Balaban J connectivity index is 1.50. The Kier molecular flexibility index (Phi) is 8.71. The Hall–Kier alpha value is -1.68. The number of carbonyl (C=O) groups is 1. The first-order valence-electron chi connectivity index (χ1n) is 11.1. The molecule has 1 saturated heterocycles. The number of methoxy groups -OCH3 is 1. The molecule has 31 heavy (non-hydrogen) atoms. The average molecular weight is 455 g/mol. The smallest absolute Gasteiger partial charge is 0.244 e. The van der Waals surface area contributed by atoms with Crippen LogP contribution in [-0.2, 0) is 19.6 Å². The first-order chi connectivity index (χ1) is 14.9. The minimum absolute atomic E-state index is 0.0572. The van der Waals surface area contributed by atoms with Crippen LogP contribution in [0.4, 0.5) is 0 Å². The molecule has 174 valence electrons. The number of sulfonamides is 1. The first kappa shape index (κ1) is 24.0. The predicted octanol–water partition coefficient (Wildman–Crippen LogP) is 1.97. The van der Waals surface area contributed by atoms with E-state index in [0.717, 1.165) is 25.7 Å². The third-order valence-electron chi connectivity index (χ3n) is 6.20. The second-order valence-electron chi connectivity index (χ2n) is 8.35. The topological polar surface area (TPSA) is 114 Å². The van der Waals surface area contributed by atoms with Crippen molar-refractivity contribution >= 4 is 15.9 Å². The van der Waals surface area contributed by atoms with Crippen LogP contribution in [0.3, 0.4) is 0 Å². The highest BCUT2D eigenvalue weighted by Gasteiger charge is 2.34. The molecular weight excluding hydrogens is 420 g/mol. The Morgan fingerprint density at radius 3 is 2.61 bits per heavy atom. The minimum Gasteiger partial charge on any atom is -0.495 e. The van der Waals surface area contributed by atoms with Gasteiger partial charge in [-0.25, -0.2) is 13.1 Å². The minimum atomic E-state index is -3.83. The van der Waals surface area contributed by atoms with Crippen molar-refractivity contribution in [2.45, 2.75) is 74.5 Å². The largest absolute Gasteiger partial charge is 0.495 e. The lowest BCUT2D eigenvalue weighted by Crippen LogP contribution is -2.51. The quantitative estimate of drug-likeness (QED) is 0.526. The van der Waals surface area contributed by atoms with E-state index in [1.807, 2.05) is 0 Å². The summed E-state index contributed by atoms with van der Waals surface area (Å²) < 4.78 is 39.5. The van der Waals surface area contributed by atoms with Gasteiger partial charge in [0.15, 0.2) is 0 Å². The van der Waals surface area contributed by atoms with E-state index in [-0.39, 0.29) is 35.2 Å². The number of para-hydroxylation sites is 1. The Bertz CT molecular complexity index is 825. The van der Waals surface area contributed by atoms with Gasteiger partial charge in [-0.1, -0.05) is 31.4 Å². The molecule has 0 spiro atoms. The Morgan fingerprint density at radius 2 is 1.90 bits per heavy atom. The molecule has 1 aliphatic heterocycles. The van der Waals surface area contributed by atoms with Crippen molar-refractivity contribution in [3.63, 3.8) is 0 Å². The number of hydrogen-bond donors (Lipinski definition) is 3. The molecule has 2 fully saturated rings. The van der Waals surface area contributed by atoms with E-state index in [2.05, 4.69) is 10.0 Å². The maximum atomic E-state index is 12.8. The molecule has 0 bridgehead atoms. The Morgan fingerprint density at radius 1 is 1.16 bits per heavy atom. The van der Waals surface area contributed by atoms with Crippen molar-refractivity contribution in [2.24, 2.45) is 5.92 Å². The van der Waals surface area contributed by atoms with Gasteiger partial charge < -0.3 is 19.9 Å². The highest BCUT2D eigenvalue weighted by Crippen LogP contribution is 2.27. The van der Waals surface area contributed by atoms with Gasteiger partial charge in [0, 0.05) is 12.5 Å². The molecule has 1 saturated carbocycles. The van der Waals surface area contributed by atoms with Gasteiger partial charge in [-0.05, 0) is 44.2 Å². The molecule has 1 aromatic rings. The summed E-state index contributed by atoms with van der Waals surface area (Å²) in [4.78, 5) is 12.3. The van der Waals surface area contributed by atoms with Gasteiger partial charge in [-0.15, -0.1) is 0 Å². The molecule has 1 aliphatic carbocycles. The number of aliphatic hydroxyl groups excluding tert-OH is 1. The van der Waals surface area contributed by atoms with Crippen LogP contribution in [0.25, 0.3) is 0 Å². The highest BCUT2D eigenvalue weighted by molar-refractivity contribution is 7.89. The fraction of sp³-hybridized carbons (Fsp3) is 0.682. The molecule has 3 N–H and O–H groups in total. The van der Waals surface area contributed by atoms with E-state index in [0.29, 0.717) is 25.8 Å². The molecule has 3 rings (SSSR count). The molecule has 9 heteroatoms. The third kappa shape index (κ3) is 6.41. The summed E-state index contributed by atoms with van der Waals surface area (Å²) in [5, 5.41) is 12.8. The molecule has 1 amide bonds. The van der Waals surface area contributed by atoms with Gasteiger partial charge in [0.25, 0.3) is 0 Å². The maximum Gasteiger partial charge on any atom is 0.244 e. The standard InChI is InChI=1S/C22H34N2O6S/c1-29-19-9-5-6-10-21(19)31(27,28)24-18-12-11-17(30-20(18)15-25)13-14-23-22(26)16-7-3-2-4-8-16/h5-6,9-10,16-18,20,24-25H,2-4,7-8,11-15H2,1H3,(H,23,26)/t17-,18-,20-/m1/s1. The summed E-state index contributed by atoms with van der Waals surface area (Å²) in [5.41, 5.74) is 0. The number of carbonyl (C=O) groups excluding carboxylic acids is 1. The second kappa shape index (κ2) is 11.3. The number of amides is 1. The zero-order valence-corrected chi connectivity index (χ0v) is 18.9.